The van der Waals surface area contributed by atoms with E-state index in [9.17, 15) is 14.4 Å². The normalized spacial score (nSPS) is 9.86. The topological polar surface area (TPSA) is 94.6 Å². The van der Waals surface area contributed by atoms with Crippen LogP contribution in [0.4, 0.5) is 5.82 Å². The maximum atomic E-state index is 11.8. The molecule has 0 atom stereocenters. The molecule has 0 aliphatic rings. The zero-order chi connectivity index (χ0) is 15.8. The molecule has 114 valence electrons. The summed E-state index contributed by atoms with van der Waals surface area (Å²) in [6.07, 6.45) is -0.439. The van der Waals surface area contributed by atoms with Crippen molar-refractivity contribution < 1.29 is 23.9 Å². The second-order valence-electron chi connectivity index (χ2n) is 4.10. The van der Waals surface area contributed by atoms with Crippen molar-refractivity contribution in [3.05, 3.63) is 23.4 Å². The van der Waals surface area contributed by atoms with E-state index in [0.29, 0.717) is 5.69 Å². The Morgan fingerprint density at radius 1 is 1.14 bits per heavy atom. The summed E-state index contributed by atoms with van der Waals surface area (Å²) in [5, 5.41) is 2.43. The third-order valence-electron chi connectivity index (χ3n) is 2.40. The van der Waals surface area contributed by atoms with Gasteiger partial charge in [0.05, 0.1) is 13.2 Å². The third-order valence-corrected chi connectivity index (χ3v) is 2.40. The molecule has 0 fully saturated rings. The number of hydrogen-bond donors (Lipinski definition) is 1. The van der Waals surface area contributed by atoms with Crippen LogP contribution >= 0.6 is 0 Å². The zero-order valence-electron chi connectivity index (χ0n) is 12.3. The fourth-order valence-corrected chi connectivity index (χ4v) is 1.54. The molecule has 7 heteroatoms. The molecule has 0 aromatic carbocycles. The largest absolute Gasteiger partial charge is 0.466 e. The van der Waals surface area contributed by atoms with E-state index >= 15 is 0 Å². The first-order valence-electron chi connectivity index (χ1n) is 6.58. The van der Waals surface area contributed by atoms with Crippen LogP contribution in [0.3, 0.4) is 0 Å². The maximum Gasteiger partial charge on any atom is 0.341 e. The van der Waals surface area contributed by atoms with Gasteiger partial charge in [0, 0.05) is 5.69 Å². The summed E-state index contributed by atoms with van der Waals surface area (Å²) in [5.74, 6) is -1.75. The Hall–Kier alpha value is -2.44. The van der Waals surface area contributed by atoms with E-state index in [-0.39, 0.29) is 24.6 Å². The van der Waals surface area contributed by atoms with Gasteiger partial charge in [0.1, 0.15) is 17.8 Å². The highest BCUT2D eigenvalue weighted by atomic mass is 16.5. The minimum Gasteiger partial charge on any atom is -0.466 e. The Morgan fingerprint density at radius 2 is 1.81 bits per heavy atom. The Kier molecular flexibility index (Phi) is 6.32. The molecule has 21 heavy (non-hydrogen) atoms. The van der Waals surface area contributed by atoms with Crippen molar-refractivity contribution in [2.24, 2.45) is 0 Å². The van der Waals surface area contributed by atoms with Gasteiger partial charge < -0.3 is 14.8 Å². The maximum absolute atomic E-state index is 11.8. The highest BCUT2D eigenvalue weighted by molar-refractivity contribution is 6.05. The van der Waals surface area contributed by atoms with Crippen molar-refractivity contribution >= 4 is 23.7 Å². The quantitative estimate of drug-likeness (QED) is 0.630. The van der Waals surface area contributed by atoms with E-state index in [1.165, 1.54) is 6.07 Å². The van der Waals surface area contributed by atoms with Crippen molar-refractivity contribution in [1.29, 1.82) is 0 Å². The number of rotatable bonds is 6. The lowest BCUT2D eigenvalue weighted by Gasteiger charge is -2.10. The van der Waals surface area contributed by atoms with Crippen LogP contribution in [0.2, 0.25) is 0 Å². The van der Waals surface area contributed by atoms with Gasteiger partial charge in [0.15, 0.2) is 0 Å². The summed E-state index contributed by atoms with van der Waals surface area (Å²) in [4.78, 5) is 38.8. The number of esters is 2. The molecule has 1 rings (SSSR count). The lowest BCUT2D eigenvalue weighted by molar-refractivity contribution is -0.145. The van der Waals surface area contributed by atoms with Crippen molar-refractivity contribution in [2.45, 2.75) is 27.2 Å². The number of anilines is 1. The van der Waals surface area contributed by atoms with E-state index in [1.807, 2.05) is 0 Å². The van der Waals surface area contributed by atoms with Crippen LogP contribution in [0.15, 0.2) is 12.1 Å². The van der Waals surface area contributed by atoms with E-state index in [4.69, 9.17) is 4.74 Å². The summed E-state index contributed by atoms with van der Waals surface area (Å²) in [7, 11) is 0. The fraction of sp³-hybridized carbons (Fsp3) is 0.429. The molecule has 0 saturated heterocycles. The summed E-state index contributed by atoms with van der Waals surface area (Å²) >= 11 is 0. The van der Waals surface area contributed by atoms with Crippen molar-refractivity contribution in [3.63, 3.8) is 0 Å². The van der Waals surface area contributed by atoms with Crippen LogP contribution in [0, 0.1) is 6.92 Å². The van der Waals surface area contributed by atoms with E-state index in [0.717, 1.165) is 0 Å². The lowest BCUT2D eigenvalue weighted by Crippen LogP contribution is -2.21. The van der Waals surface area contributed by atoms with E-state index in [1.54, 1.807) is 26.8 Å². The Morgan fingerprint density at radius 3 is 2.43 bits per heavy atom. The fourth-order valence-electron chi connectivity index (χ4n) is 1.54. The smallest absolute Gasteiger partial charge is 0.341 e. The molecule has 7 nitrogen and oxygen atoms in total. The van der Waals surface area contributed by atoms with Crippen molar-refractivity contribution in [2.75, 3.05) is 18.5 Å². The Bertz CT molecular complexity index is 542. The zero-order valence-corrected chi connectivity index (χ0v) is 12.3. The number of aryl methyl sites for hydroxylation is 1. The molecular weight excluding hydrogens is 276 g/mol. The first-order chi connectivity index (χ1) is 9.97. The summed E-state index contributed by atoms with van der Waals surface area (Å²) in [6.45, 7) is 5.46. The molecule has 0 saturated carbocycles. The van der Waals surface area contributed by atoms with Gasteiger partial charge in [0.25, 0.3) is 0 Å². The molecule has 0 unspecified atom stereocenters. The van der Waals surface area contributed by atoms with E-state index < -0.39 is 24.3 Å². The number of pyridine rings is 1. The van der Waals surface area contributed by atoms with Gasteiger partial charge in [-0.15, -0.1) is 0 Å². The Labute approximate surface area is 122 Å². The molecule has 1 aromatic rings. The average Bonchev–Trinajstić information content (AvgIpc) is 2.38. The minimum atomic E-state index is -0.639. The molecule has 1 aromatic heterocycles. The number of amides is 1. The molecular formula is C14H18N2O5. The van der Waals surface area contributed by atoms with Crippen LogP contribution in [0.5, 0.6) is 0 Å². The van der Waals surface area contributed by atoms with Gasteiger partial charge in [-0.3, -0.25) is 9.59 Å². The van der Waals surface area contributed by atoms with Gasteiger partial charge >= 0.3 is 11.9 Å². The molecule has 0 aliphatic heterocycles. The van der Waals surface area contributed by atoms with Gasteiger partial charge in [-0.2, -0.15) is 0 Å². The minimum absolute atomic E-state index is 0.0720. The Balaban J connectivity index is 2.86. The molecule has 0 aliphatic carbocycles. The highest BCUT2D eigenvalue weighted by Crippen LogP contribution is 2.15. The first-order valence-corrected chi connectivity index (χ1v) is 6.58. The number of nitrogens with one attached hydrogen (secondary N) is 1. The van der Waals surface area contributed by atoms with Crippen LogP contribution in [-0.4, -0.2) is 36.0 Å². The summed E-state index contributed by atoms with van der Waals surface area (Å²) in [5.41, 5.74) is 0.758. The van der Waals surface area contributed by atoms with Gasteiger partial charge in [-0.05, 0) is 32.9 Å². The van der Waals surface area contributed by atoms with E-state index in [2.05, 4.69) is 15.0 Å². The molecule has 0 radical (unpaired) electrons. The number of aromatic nitrogens is 1. The predicted molar refractivity (Wildman–Crippen MR) is 74.8 cm³/mol. The molecule has 1 heterocycles. The van der Waals surface area contributed by atoms with Crippen molar-refractivity contribution in [3.8, 4) is 0 Å². The SMILES string of the molecule is CCOC(=O)CC(=O)Nc1nc(C)ccc1C(=O)OCC. The molecule has 1 amide bonds. The van der Waals surface area contributed by atoms with Crippen LogP contribution in [-0.2, 0) is 19.1 Å². The van der Waals surface area contributed by atoms with Crippen LogP contribution in [0.1, 0.15) is 36.3 Å². The summed E-state index contributed by atoms with van der Waals surface area (Å²) < 4.78 is 9.57. The monoisotopic (exact) mass is 294 g/mol. The molecule has 1 N–H and O–H groups in total. The number of ether oxygens (including phenoxy) is 2. The second-order valence-corrected chi connectivity index (χ2v) is 4.10. The van der Waals surface area contributed by atoms with Gasteiger partial charge in [-0.1, -0.05) is 0 Å². The first kappa shape index (κ1) is 16.6. The third kappa shape index (κ3) is 5.21. The second kappa shape index (κ2) is 7.98. The predicted octanol–water partition coefficient (Wildman–Crippen LogP) is 1.46. The number of hydrogen-bond acceptors (Lipinski definition) is 6. The molecule has 0 spiro atoms. The van der Waals surface area contributed by atoms with Crippen LogP contribution < -0.4 is 5.32 Å². The standard InChI is InChI=1S/C14H18N2O5/c1-4-20-12(18)8-11(17)16-13-10(14(19)21-5-2)7-6-9(3)15-13/h6-7H,4-5,8H2,1-3H3,(H,15,16,17). The van der Waals surface area contributed by atoms with Gasteiger partial charge in [0.2, 0.25) is 5.91 Å². The highest BCUT2D eigenvalue weighted by Gasteiger charge is 2.18. The molecule has 0 bridgehead atoms. The number of nitrogens with zero attached hydrogens (tertiary/aromatic N) is 1. The number of carbonyl (C=O) groups is 3. The summed E-state index contributed by atoms with van der Waals surface area (Å²) in [6, 6.07) is 3.15. The lowest BCUT2D eigenvalue weighted by atomic mass is 10.2. The number of carbonyl (C=O) groups excluding carboxylic acids is 3. The van der Waals surface area contributed by atoms with Crippen molar-refractivity contribution in [1.82, 2.24) is 4.98 Å². The van der Waals surface area contributed by atoms with Gasteiger partial charge in [-0.25, -0.2) is 9.78 Å². The van der Waals surface area contributed by atoms with Crippen LogP contribution in [0.25, 0.3) is 0 Å². The average molecular weight is 294 g/mol.